The minimum atomic E-state index is -0.657. The van der Waals surface area contributed by atoms with Crippen LogP contribution >= 0.6 is 15.9 Å². The van der Waals surface area contributed by atoms with Crippen LogP contribution in [0.4, 0.5) is 0 Å². The number of aliphatic hydroxyl groups is 1. The molecule has 2 aromatic heterocycles. The Bertz CT molecular complexity index is 1270. The highest BCUT2D eigenvalue weighted by atomic mass is 79.9. The van der Waals surface area contributed by atoms with Gasteiger partial charge in [-0.1, -0.05) is 38.2 Å². The lowest BCUT2D eigenvalue weighted by molar-refractivity contribution is 0.0841. The maximum atomic E-state index is 12.8. The lowest BCUT2D eigenvalue weighted by Gasteiger charge is -2.31. The highest BCUT2D eigenvalue weighted by Crippen LogP contribution is 2.35. The van der Waals surface area contributed by atoms with Crippen LogP contribution in [0.1, 0.15) is 70.7 Å². The second kappa shape index (κ2) is 13.1. The first kappa shape index (κ1) is 27.8. The van der Waals surface area contributed by atoms with Crippen molar-refractivity contribution in [3.05, 3.63) is 75.2 Å². The summed E-state index contributed by atoms with van der Waals surface area (Å²) in [7, 11) is 0. The van der Waals surface area contributed by atoms with E-state index in [1.54, 1.807) is 12.3 Å². The highest BCUT2D eigenvalue weighted by Gasteiger charge is 2.23. The van der Waals surface area contributed by atoms with Crippen LogP contribution in [-0.2, 0) is 26.0 Å². The fourth-order valence-electron chi connectivity index (χ4n) is 5.62. The number of oxazole rings is 1. The van der Waals surface area contributed by atoms with E-state index < -0.39 is 6.10 Å². The molecule has 1 fully saturated rings. The van der Waals surface area contributed by atoms with E-state index in [0.29, 0.717) is 24.6 Å². The number of amides is 1. The van der Waals surface area contributed by atoms with Crippen molar-refractivity contribution >= 4 is 21.8 Å². The number of fused-ring (bicyclic) bond motifs is 1. The van der Waals surface area contributed by atoms with Gasteiger partial charge in [-0.05, 0) is 70.9 Å². The maximum absolute atomic E-state index is 12.8. The number of carbonyl (C=O) groups excluding carboxylic acids is 1. The zero-order chi connectivity index (χ0) is 27.2. The first-order valence-corrected chi connectivity index (χ1v) is 14.7. The van der Waals surface area contributed by atoms with Crippen LogP contribution in [0.25, 0.3) is 0 Å². The summed E-state index contributed by atoms with van der Waals surface area (Å²) in [6, 6.07) is 7.69. The molecule has 0 radical (unpaired) electrons. The Morgan fingerprint density at radius 1 is 1.26 bits per heavy atom. The number of rotatable bonds is 10. The first-order valence-electron chi connectivity index (χ1n) is 13.9. The van der Waals surface area contributed by atoms with Gasteiger partial charge in [-0.25, -0.2) is 4.98 Å². The van der Waals surface area contributed by atoms with Crippen molar-refractivity contribution in [3.63, 3.8) is 0 Å². The van der Waals surface area contributed by atoms with Gasteiger partial charge >= 0.3 is 0 Å². The quantitative estimate of drug-likeness (QED) is 0.340. The normalized spacial score (nSPS) is 17.0. The lowest BCUT2D eigenvalue weighted by atomic mass is 9.86. The van der Waals surface area contributed by atoms with Gasteiger partial charge in [-0.3, -0.25) is 14.7 Å². The molecule has 0 unspecified atom stereocenters. The van der Waals surface area contributed by atoms with Crippen LogP contribution < -0.4 is 10.1 Å². The summed E-state index contributed by atoms with van der Waals surface area (Å²) in [6.45, 7) is 4.47. The third-order valence-electron chi connectivity index (χ3n) is 7.85. The van der Waals surface area contributed by atoms with E-state index in [2.05, 4.69) is 42.2 Å². The Balaban J connectivity index is 1.09. The fraction of sp³-hybridized carbons (Fsp3) is 0.500. The molecule has 2 aliphatic rings. The van der Waals surface area contributed by atoms with Crippen LogP contribution in [0.2, 0.25) is 0 Å². The molecule has 0 spiro atoms. The summed E-state index contributed by atoms with van der Waals surface area (Å²) in [5.74, 6) is 2.00. The minimum absolute atomic E-state index is 0.165. The van der Waals surface area contributed by atoms with E-state index in [0.717, 1.165) is 53.3 Å². The Morgan fingerprint density at radius 3 is 2.90 bits per heavy atom. The number of hydrogen-bond donors (Lipinski definition) is 2. The number of nitrogens with zero attached hydrogens (tertiary/aromatic N) is 3. The van der Waals surface area contributed by atoms with Crippen molar-refractivity contribution in [1.29, 1.82) is 0 Å². The molecule has 39 heavy (non-hydrogen) atoms. The van der Waals surface area contributed by atoms with E-state index in [1.807, 2.05) is 19.1 Å². The molecule has 0 saturated heterocycles. The number of nitrogens with one attached hydrogen (secondary N) is 1. The molecular formula is C30H37BrN4O4. The predicted molar refractivity (Wildman–Crippen MR) is 152 cm³/mol. The molecule has 1 atom stereocenters. The second-order valence-corrected chi connectivity index (χ2v) is 11.6. The number of pyridine rings is 1. The van der Waals surface area contributed by atoms with Crippen molar-refractivity contribution < 1.29 is 19.1 Å². The molecule has 3 heterocycles. The second-order valence-electron chi connectivity index (χ2n) is 10.8. The van der Waals surface area contributed by atoms with Gasteiger partial charge in [0.25, 0.3) is 5.91 Å². The standard InChI is InChI=1S/C30H37BrN4O4/c1-20-28(39-19-34-20)18-38-27-8-7-23-16-35(12-10-26(23)29(27)31)17-25(36)15-33-30(37)22-9-11-32-24(14-22)13-21-5-3-2-4-6-21/h7-9,11,14,19,21,25,36H,2-6,10,12-13,15-18H2,1H3,(H,33,37)/t25-/m0/s1. The predicted octanol–water partition coefficient (Wildman–Crippen LogP) is 4.99. The Hall–Kier alpha value is -2.75. The molecule has 9 heteroatoms. The summed E-state index contributed by atoms with van der Waals surface area (Å²) < 4.78 is 12.3. The molecule has 1 amide bonds. The van der Waals surface area contributed by atoms with E-state index >= 15 is 0 Å². The molecule has 3 aromatic rings. The van der Waals surface area contributed by atoms with Gasteiger partial charge in [-0.2, -0.15) is 0 Å². The molecule has 5 rings (SSSR count). The van der Waals surface area contributed by atoms with Crippen molar-refractivity contribution in [3.8, 4) is 5.75 Å². The van der Waals surface area contributed by atoms with Gasteiger partial charge in [0, 0.05) is 43.6 Å². The van der Waals surface area contributed by atoms with Gasteiger partial charge in [0.1, 0.15) is 12.4 Å². The number of hydrogen-bond acceptors (Lipinski definition) is 7. The SMILES string of the molecule is Cc1ncoc1COc1ccc2c(c1Br)CCN(C[C@@H](O)CNC(=O)c1ccnc(CC3CCCCC3)c1)C2. The average molecular weight is 598 g/mol. The van der Waals surface area contributed by atoms with Crippen LogP contribution in [-0.4, -0.2) is 51.6 Å². The highest BCUT2D eigenvalue weighted by molar-refractivity contribution is 9.10. The van der Waals surface area contributed by atoms with E-state index in [4.69, 9.17) is 9.15 Å². The first-order chi connectivity index (χ1) is 19.0. The van der Waals surface area contributed by atoms with E-state index in [-0.39, 0.29) is 12.5 Å². The van der Waals surface area contributed by atoms with Crippen LogP contribution in [0.5, 0.6) is 5.75 Å². The number of ether oxygens (including phenoxy) is 1. The van der Waals surface area contributed by atoms with Gasteiger partial charge in [0.05, 0.1) is 16.3 Å². The third-order valence-corrected chi connectivity index (χ3v) is 8.72. The monoisotopic (exact) mass is 596 g/mol. The number of aromatic nitrogens is 2. The van der Waals surface area contributed by atoms with Gasteiger partial charge in [0.15, 0.2) is 12.2 Å². The van der Waals surface area contributed by atoms with E-state index in [9.17, 15) is 9.90 Å². The summed E-state index contributed by atoms with van der Waals surface area (Å²) in [5, 5.41) is 13.6. The molecular weight excluding hydrogens is 560 g/mol. The van der Waals surface area contributed by atoms with Crippen molar-refractivity contribution in [2.24, 2.45) is 5.92 Å². The summed E-state index contributed by atoms with van der Waals surface area (Å²) in [4.78, 5) is 23.6. The molecule has 1 aromatic carbocycles. The van der Waals surface area contributed by atoms with Gasteiger partial charge in [0.2, 0.25) is 0 Å². The van der Waals surface area contributed by atoms with Crippen molar-refractivity contribution in [1.82, 2.24) is 20.2 Å². The van der Waals surface area contributed by atoms with E-state index in [1.165, 1.54) is 49.6 Å². The Morgan fingerprint density at radius 2 is 2.10 bits per heavy atom. The van der Waals surface area contributed by atoms with Gasteiger partial charge in [-0.15, -0.1) is 0 Å². The lowest BCUT2D eigenvalue weighted by Crippen LogP contribution is -2.42. The molecule has 1 saturated carbocycles. The summed E-state index contributed by atoms with van der Waals surface area (Å²) >= 11 is 3.73. The number of benzene rings is 1. The van der Waals surface area contributed by atoms with Crippen molar-refractivity contribution in [2.45, 2.75) is 71.1 Å². The van der Waals surface area contributed by atoms with Crippen LogP contribution in [0.3, 0.4) is 0 Å². The van der Waals surface area contributed by atoms with Crippen LogP contribution in [0, 0.1) is 12.8 Å². The number of aryl methyl sites for hydroxylation is 1. The maximum Gasteiger partial charge on any atom is 0.251 e. The zero-order valence-electron chi connectivity index (χ0n) is 22.5. The fourth-order valence-corrected chi connectivity index (χ4v) is 6.32. The minimum Gasteiger partial charge on any atom is -0.484 e. The van der Waals surface area contributed by atoms with Crippen molar-refractivity contribution in [2.75, 3.05) is 19.6 Å². The Labute approximate surface area is 238 Å². The number of β-amino-alcohol motifs (C(OH)–C–C–N with tert-alkyl or cyclic N) is 1. The number of carbonyl (C=O) groups is 1. The average Bonchev–Trinajstić information content (AvgIpc) is 3.36. The summed E-state index contributed by atoms with van der Waals surface area (Å²) in [6.07, 6.45) is 10.7. The number of halogens is 1. The molecule has 208 valence electrons. The van der Waals surface area contributed by atoms with Gasteiger partial charge < -0.3 is 19.6 Å². The smallest absolute Gasteiger partial charge is 0.251 e. The molecule has 1 aliphatic carbocycles. The topological polar surface area (TPSA) is 101 Å². The third kappa shape index (κ3) is 7.26. The number of aliphatic hydroxyl groups excluding tert-OH is 1. The summed E-state index contributed by atoms with van der Waals surface area (Å²) in [5.41, 5.74) is 4.85. The largest absolute Gasteiger partial charge is 0.484 e. The molecule has 0 bridgehead atoms. The molecule has 1 aliphatic heterocycles. The Kier molecular flexibility index (Phi) is 9.32. The zero-order valence-corrected chi connectivity index (χ0v) is 24.1. The molecule has 2 N–H and O–H groups in total. The molecule has 8 nitrogen and oxygen atoms in total. The van der Waals surface area contributed by atoms with Crippen LogP contribution in [0.15, 0.2) is 45.7 Å².